The first-order valence-electron chi connectivity index (χ1n) is 14.2. The molecule has 1 amide bonds. The molecule has 0 spiro atoms. The second-order valence-electron chi connectivity index (χ2n) is 11.4. The third-order valence-corrected chi connectivity index (χ3v) is 8.37. The van der Waals surface area contributed by atoms with Crippen LogP contribution in [0.15, 0.2) is 54.0 Å². The molecule has 1 fully saturated rings. The monoisotopic (exact) mass is 586 g/mol. The Morgan fingerprint density at radius 1 is 1.16 bits per heavy atom. The quantitative estimate of drug-likeness (QED) is 0.352. The van der Waals surface area contributed by atoms with Crippen molar-refractivity contribution in [1.82, 2.24) is 19.4 Å². The number of nitrogens with zero attached hydrogens (tertiary/aromatic N) is 6. The number of hydrogen-bond donors (Lipinski definition) is 1. The third kappa shape index (κ3) is 4.41. The number of aryl methyl sites for hydroxylation is 1. The molecule has 0 saturated carbocycles. The highest BCUT2D eigenvalue weighted by atomic mass is 19.1. The zero-order valence-corrected chi connectivity index (χ0v) is 24.4. The van der Waals surface area contributed by atoms with Crippen molar-refractivity contribution in [2.45, 2.75) is 32.7 Å². The highest BCUT2D eigenvalue weighted by molar-refractivity contribution is 6.05. The third-order valence-electron chi connectivity index (χ3n) is 8.37. The van der Waals surface area contributed by atoms with Gasteiger partial charge in [-0.15, -0.1) is 0 Å². The van der Waals surface area contributed by atoms with Gasteiger partial charge in [-0.3, -0.25) is 14.3 Å². The number of benzene rings is 2. The fraction of sp³-hybridized carbons (Fsp3) is 0.312. The summed E-state index contributed by atoms with van der Waals surface area (Å²) in [5.74, 6) is -1.97. The smallest absolute Gasteiger partial charge is 0.354 e. The number of likely N-dealkylation sites (N-methyl/N-ethyl adjacent to an activating group) is 1. The molecule has 1 saturated heterocycles. The van der Waals surface area contributed by atoms with Gasteiger partial charge in [-0.25, -0.2) is 13.6 Å². The van der Waals surface area contributed by atoms with Crippen molar-refractivity contribution < 1.29 is 18.7 Å². The summed E-state index contributed by atoms with van der Waals surface area (Å²) in [6, 6.07) is 6.67. The molecular formula is C32H32F2N6O3. The second kappa shape index (κ2) is 10.5. The van der Waals surface area contributed by atoms with Crippen LogP contribution in [-0.2, 0) is 4.79 Å². The Morgan fingerprint density at radius 2 is 1.93 bits per heavy atom. The number of amides is 1. The number of phenols is 1. The van der Waals surface area contributed by atoms with Gasteiger partial charge in [0, 0.05) is 45.0 Å². The zero-order chi connectivity index (χ0) is 30.7. The lowest BCUT2D eigenvalue weighted by Crippen LogP contribution is -2.57. The molecule has 9 nitrogen and oxygen atoms in total. The molecule has 6 rings (SSSR count). The normalized spacial score (nSPS) is 16.4. The molecule has 0 radical (unpaired) electrons. The maximum Gasteiger partial charge on any atom is 0.354 e. The predicted octanol–water partition coefficient (Wildman–Crippen LogP) is 4.52. The number of halogens is 2. The molecule has 4 aromatic rings. The molecule has 43 heavy (non-hydrogen) atoms. The number of carbonyl (C=O) groups is 1. The number of carbonyl (C=O) groups excluding carboxylic acids is 1. The van der Waals surface area contributed by atoms with Gasteiger partial charge in [0.2, 0.25) is 5.91 Å². The van der Waals surface area contributed by atoms with Crippen molar-refractivity contribution in [3.8, 4) is 22.6 Å². The van der Waals surface area contributed by atoms with Crippen LogP contribution in [-0.4, -0.2) is 69.7 Å². The van der Waals surface area contributed by atoms with Gasteiger partial charge in [0.25, 0.3) is 0 Å². The fourth-order valence-corrected chi connectivity index (χ4v) is 6.38. The van der Waals surface area contributed by atoms with Crippen LogP contribution in [0.1, 0.15) is 31.0 Å². The average molecular weight is 587 g/mol. The molecule has 0 bridgehead atoms. The van der Waals surface area contributed by atoms with Gasteiger partial charge >= 0.3 is 5.69 Å². The van der Waals surface area contributed by atoms with Crippen molar-refractivity contribution in [1.29, 1.82) is 0 Å². The molecule has 1 unspecified atom stereocenters. The van der Waals surface area contributed by atoms with Crippen LogP contribution >= 0.6 is 0 Å². The van der Waals surface area contributed by atoms with E-state index in [4.69, 9.17) is 0 Å². The van der Waals surface area contributed by atoms with Gasteiger partial charge < -0.3 is 19.8 Å². The minimum absolute atomic E-state index is 0.0651. The van der Waals surface area contributed by atoms with Crippen molar-refractivity contribution in [3.63, 3.8) is 0 Å². The van der Waals surface area contributed by atoms with E-state index in [0.717, 1.165) is 11.6 Å². The van der Waals surface area contributed by atoms with E-state index in [9.17, 15) is 14.7 Å². The van der Waals surface area contributed by atoms with E-state index in [1.165, 1.54) is 28.8 Å². The molecule has 2 aromatic carbocycles. The minimum Gasteiger partial charge on any atom is -0.507 e. The highest BCUT2D eigenvalue weighted by Gasteiger charge is 2.38. The molecule has 0 aliphatic carbocycles. The Hall–Kier alpha value is -4.80. The van der Waals surface area contributed by atoms with Gasteiger partial charge in [-0.05, 0) is 48.7 Å². The topological polar surface area (TPSA) is 94.8 Å². The number of aromatic nitrogens is 3. The van der Waals surface area contributed by atoms with Crippen molar-refractivity contribution in [2.75, 3.05) is 43.0 Å². The number of pyridine rings is 1. The number of rotatable bonds is 4. The summed E-state index contributed by atoms with van der Waals surface area (Å²) in [7, 11) is 1.72. The maximum absolute atomic E-state index is 16.8. The standard InChI is InChI=1S/C32H32F2N6O3/c1-6-24(42)38-12-13-39-19(16-38)15-37(5)30-26-22(14-20(27(30)34)25-21(33)8-7-9-23(25)41)40(32(43)36-31(26)39)29-18(4)10-11-35-28(29)17(2)3/h6-11,14,17,19,41H,1,12-13,15-16H2,2-5H3. The van der Waals surface area contributed by atoms with E-state index in [1.54, 1.807) is 29.1 Å². The molecular weight excluding hydrogens is 554 g/mol. The van der Waals surface area contributed by atoms with Crippen molar-refractivity contribution in [3.05, 3.63) is 82.6 Å². The molecule has 2 aliphatic rings. The van der Waals surface area contributed by atoms with Gasteiger partial charge in [-0.2, -0.15) is 4.98 Å². The SMILES string of the molecule is C=CC(=O)N1CCN2c3nc(=O)n(-c4c(C)ccnc4C(C)C)c4cc(-c5c(O)cccc5F)c(F)c(c34)N(C)CC2C1. The first-order valence-corrected chi connectivity index (χ1v) is 14.2. The lowest BCUT2D eigenvalue weighted by atomic mass is 9.98. The van der Waals surface area contributed by atoms with Crippen molar-refractivity contribution in [2.24, 2.45) is 0 Å². The van der Waals surface area contributed by atoms with Gasteiger partial charge in [0.15, 0.2) is 5.82 Å². The maximum atomic E-state index is 16.8. The average Bonchev–Trinajstić information content (AvgIpc) is 3.08. The molecule has 2 aromatic heterocycles. The first kappa shape index (κ1) is 28.3. The number of fused-ring (bicyclic) bond motifs is 2. The van der Waals surface area contributed by atoms with Gasteiger partial charge in [-0.1, -0.05) is 26.5 Å². The first-order chi connectivity index (χ1) is 20.5. The largest absolute Gasteiger partial charge is 0.507 e. The van der Waals surface area contributed by atoms with E-state index >= 15 is 8.78 Å². The van der Waals surface area contributed by atoms with Crippen LogP contribution in [0.3, 0.4) is 0 Å². The van der Waals surface area contributed by atoms with E-state index < -0.39 is 23.1 Å². The van der Waals surface area contributed by atoms with E-state index in [0.29, 0.717) is 47.7 Å². The van der Waals surface area contributed by atoms with E-state index in [1.807, 2.05) is 25.7 Å². The Bertz CT molecular complexity index is 1850. The summed E-state index contributed by atoms with van der Waals surface area (Å²) in [6.07, 6.45) is 2.94. The van der Waals surface area contributed by atoms with E-state index in [-0.39, 0.29) is 41.2 Å². The summed E-state index contributed by atoms with van der Waals surface area (Å²) in [4.78, 5) is 41.1. The summed E-state index contributed by atoms with van der Waals surface area (Å²) in [5.41, 5.74) is 1.26. The summed E-state index contributed by atoms with van der Waals surface area (Å²) in [5, 5.41) is 11.1. The Balaban J connectivity index is 1.75. The van der Waals surface area contributed by atoms with Crippen LogP contribution in [0.4, 0.5) is 20.3 Å². The number of piperazine rings is 1. The summed E-state index contributed by atoms with van der Waals surface area (Å²) < 4.78 is 33.5. The van der Waals surface area contributed by atoms with Gasteiger partial charge in [0.05, 0.1) is 39.6 Å². The summed E-state index contributed by atoms with van der Waals surface area (Å²) >= 11 is 0. The summed E-state index contributed by atoms with van der Waals surface area (Å²) in [6.45, 7) is 10.7. The van der Waals surface area contributed by atoms with Crippen LogP contribution in [0, 0.1) is 18.6 Å². The Kier molecular flexibility index (Phi) is 6.90. The number of hydrogen-bond acceptors (Lipinski definition) is 7. The molecule has 1 atom stereocenters. The lowest BCUT2D eigenvalue weighted by molar-refractivity contribution is -0.126. The zero-order valence-electron chi connectivity index (χ0n) is 24.4. The number of anilines is 2. The van der Waals surface area contributed by atoms with Crippen LogP contribution in [0.25, 0.3) is 27.7 Å². The lowest BCUT2D eigenvalue weighted by Gasteiger charge is -2.41. The number of aromatic hydroxyl groups is 1. The van der Waals surface area contributed by atoms with Crippen LogP contribution < -0.4 is 15.5 Å². The second-order valence-corrected chi connectivity index (χ2v) is 11.4. The highest BCUT2D eigenvalue weighted by Crippen LogP contribution is 2.45. The molecule has 11 heteroatoms. The van der Waals surface area contributed by atoms with Crippen LogP contribution in [0.5, 0.6) is 5.75 Å². The Morgan fingerprint density at radius 3 is 2.63 bits per heavy atom. The fourth-order valence-electron chi connectivity index (χ4n) is 6.38. The van der Waals surface area contributed by atoms with E-state index in [2.05, 4.69) is 16.5 Å². The molecule has 1 N–H and O–H groups in total. The van der Waals surface area contributed by atoms with Crippen LogP contribution in [0.2, 0.25) is 0 Å². The predicted molar refractivity (Wildman–Crippen MR) is 162 cm³/mol. The molecule has 4 heterocycles. The number of phenolic OH excluding ortho intramolecular Hbond substituents is 1. The molecule has 2 aliphatic heterocycles. The molecule has 222 valence electrons. The van der Waals surface area contributed by atoms with Gasteiger partial charge in [0.1, 0.15) is 17.4 Å². The Labute approximate surface area is 247 Å². The van der Waals surface area contributed by atoms with Crippen molar-refractivity contribution >= 4 is 28.3 Å². The minimum atomic E-state index is -0.804.